The van der Waals surface area contributed by atoms with E-state index in [1.165, 1.54) is 0 Å². The van der Waals surface area contributed by atoms with Gasteiger partial charge in [-0.3, -0.25) is 29.0 Å². The first-order chi connectivity index (χ1) is 19.3. The number of rotatable bonds is 19. The Morgan fingerprint density at radius 2 is 1.34 bits per heavy atom. The van der Waals surface area contributed by atoms with Gasteiger partial charge in [0.05, 0.1) is 6.04 Å². The number of nitrogens with zero attached hydrogens (tertiary/aromatic N) is 1. The number of aliphatic imine (C=N–C) groups is 1. The van der Waals surface area contributed by atoms with E-state index in [1.54, 1.807) is 30.3 Å². The maximum absolute atomic E-state index is 13.4. The second kappa shape index (κ2) is 17.8. The molecule has 0 heterocycles. The standard InChI is InChI=1S/C25H38N8O8/c26-15(8-11-20(35)36)21(37)33-18(13-14-5-2-1-3-6-14)23(39)31-16(7-4-12-30-25(28)29)22(38)32-17(24(40)41)9-10-19(27)34/h1-3,5-6,15-18H,4,7-13,26H2,(H2,27,34)(H,31,39)(H,32,38)(H,33,37)(H,35,36)(H,40,41)(H4,28,29,30). The summed E-state index contributed by atoms with van der Waals surface area (Å²) in [6, 6.07) is 3.47. The van der Waals surface area contributed by atoms with Gasteiger partial charge in [-0.05, 0) is 31.2 Å². The number of carboxylic acid groups (broad SMARTS) is 2. The van der Waals surface area contributed by atoms with E-state index in [1.807, 2.05) is 0 Å². The van der Waals surface area contributed by atoms with Crippen LogP contribution in [-0.4, -0.2) is 82.5 Å². The Labute approximate surface area is 236 Å². The Kier molecular flexibility index (Phi) is 14.9. The first-order valence-electron chi connectivity index (χ1n) is 12.8. The van der Waals surface area contributed by atoms with Gasteiger partial charge >= 0.3 is 11.9 Å². The number of amides is 4. The maximum Gasteiger partial charge on any atom is 0.326 e. The van der Waals surface area contributed by atoms with E-state index in [0.29, 0.717) is 5.56 Å². The average Bonchev–Trinajstić information content (AvgIpc) is 2.90. The third-order valence-corrected chi connectivity index (χ3v) is 5.79. The Bertz CT molecular complexity index is 1090. The van der Waals surface area contributed by atoms with Crippen molar-refractivity contribution in [2.45, 2.75) is 69.1 Å². The highest BCUT2D eigenvalue weighted by Gasteiger charge is 2.30. The number of hydrogen-bond acceptors (Lipinski definition) is 8. The Morgan fingerprint density at radius 3 is 1.90 bits per heavy atom. The van der Waals surface area contributed by atoms with Crippen molar-refractivity contribution in [3.63, 3.8) is 0 Å². The lowest BCUT2D eigenvalue weighted by atomic mass is 10.0. The van der Waals surface area contributed by atoms with Gasteiger partial charge in [0, 0.05) is 25.8 Å². The number of benzene rings is 1. The molecule has 1 aromatic carbocycles. The van der Waals surface area contributed by atoms with E-state index in [-0.39, 0.29) is 57.5 Å². The van der Waals surface area contributed by atoms with Crippen LogP contribution in [0.25, 0.3) is 0 Å². The largest absolute Gasteiger partial charge is 0.481 e. The molecule has 16 nitrogen and oxygen atoms in total. The molecule has 0 saturated carbocycles. The summed E-state index contributed by atoms with van der Waals surface area (Å²) in [5.41, 5.74) is 22.2. The molecular formula is C25H38N8O8. The minimum atomic E-state index is -1.46. The molecule has 0 radical (unpaired) electrons. The van der Waals surface area contributed by atoms with Crippen LogP contribution in [0.3, 0.4) is 0 Å². The number of carbonyl (C=O) groups excluding carboxylic acids is 4. The molecule has 0 bridgehead atoms. The average molecular weight is 579 g/mol. The molecule has 0 aliphatic carbocycles. The van der Waals surface area contributed by atoms with E-state index in [2.05, 4.69) is 20.9 Å². The molecule has 16 heteroatoms. The van der Waals surface area contributed by atoms with Gasteiger partial charge in [0.25, 0.3) is 0 Å². The van der Waals surface area contributed by atoms with Gasteiger partial charge in [0.2, 0.25) is 23.6 Å². The Hall–Kier alpha value is -4.73. The lowest BCUT2D eigenvalue weighted by molar-refractivity contribution is -0.142. The highest BCUT2D eigenvalue weighted by atomic mass is 16.4. The summed E-state index contributed by atoms with van der Waals surface area (Å²) in [7, 11) is 0. The Morgan fingerprint density at radius 1 is 0.756 bits per heavy atom. The number of hydrogen-bond donors (Lipinski definition) is 9. The van der Waals surface area contributed by atoms with Gasteiger partial charge in [-0.25, -0.2) is 4.79 Å². The molecule has 13 N–H and O–H groups in total. The molecule has 4 unspecified atom stereocenters. The van der Waals surface area contributed by atoms with Gasteiger partial charge in [-0.2, -0.15) is 0 Å². The molecule has 0 aromatic heterocycles. The summed E-state index contributed by atoms with van der Waals surface area (Å²) in [4.78, 5) is 76.5. The Balaban J connectivity index is 3.15. The molecule has 4 atom stereocenters. The van der Waals surface area contributed by atoms with Crippen molar-refractivity contribution in [1.29, 1.82) is 0 Å². The number of carbonyl (C=O) groups is 6. The second-order valence-corrected chi connectivity index (χ2v) is 9.20. The van der Waals surface area contributed by atoms with Crippen molar-refractivity contribution in [3.8, 4) is 0 Å². The smallest absolute Gasteiger partial charge is 0.326 e. The monoisotopic (exact) mass is 578 g/mol. The first-order valence-corrected chi connectivity index (χ1v) is 12.8. The van der Waals surface area contributed by atoms with Crippen LogP contribution in [0.5, 0.6) is 0 Å². The van der Waals surface area contributed by atoms with Crippen LogP contribution in [0.4, 0.5) is 0 Å². The summed E-state index contributed by atoms with van der Waals surface area (Å²) >= 11 is 0. The quantitative estimate of drug-likeness (QED) is 0.0461. The fourth-order valence-corrected chi connectivity index (χ4v) is 3.61. The first kappa shape index (κ1) is 34.3. The SMILES string of the molecule is NC(=O)CCC(NC(=O)C(CCCN=C(N)N)NC(=O)C(Cc1ccccc1)NC(=O)C(N)CCC(=O)O)C(=O)O. The summed E-state index contributed by atoms with van der Waals surface area (Å²) < 4.78 is 0. The van der Waals surface area contributed by atoms with Crippen LogP contribution < -0.4 is 38.9 Å². The molecule has 226 valence electrons. The predicted octanol–water partition coefficient (Wildman–Crippen LogP) is -2.72. The van der Waals surface area contributed by atoms with E-state index in [4.69, 9.17) is 28.0 Å². The molecule has 0 fully saturated rings. The van der Waals surface area contributed by atoms with Crippen LogP contribution in [0.2, 0.25) is 0 Å². The third kappa shape index (κ3) is 14.3. The predicted molar refractivity (Wildman–Crippen MR) is 147 cm³/mol. The molecule has 4 amide bonds. The molecule has 0 saturated heterocycles. The van der Waals surface area contributed by atoms with E-state index < -0.39 is 59.7 Å². The number of guanidine groups is 1. The van der Waals surface area contributed by atoms with E-state index in [0.717, 1.165) is 0 Å². The maximum atomic E-state index is 13.4. The number of primary amides is 1. The highest BCUT2D eigenvalue weighted by molar-refractivity contribution is 5.94. The molecule has 0 aliphatic rings. The van der Waals surface area contributed by atoms with Crippen LogP contribution in [0, 0.1) is 0 Å². The zero-order valence-electron chi connectivity index (χ0n) is 22.5. The van der Waals surface area contributed by atoms with Crippen molar-refractivity contribution in [2.24, 2.45) is 27.9 Å². The summed E-state index contributed by atoms with van der Waals surface area (Å²) in [6.45, 7) is 0.106. The van der Waals surface area contributed by atoms with Crippen molar-refractivity contribution >= 4 is 41.5 Å². The van der Waals surface area contributed by atoms with Gasteiger partial charge in [0.1, 0.15) is 18.1 Å². The van der Waals surface area contributed by atoms with Gasteiger partial charge in [-0.15, -0.1) is 0 Å². The van der Waals surface area contributed by atoms with Gasteiger partial charge in [-0.1, -0.05) is 30.3 Å². The molecule has 1 rings (SSSR count). The number of nitrogens with two attached hydrogens (primary N) is 4. The minimum absolute atomic E-state index is 0.00274. The minimum Gasteiger partial charge on any atom is -0.481 e. The second-order valence-electron chi connectivity index (χ2n) is 9.20. The topological polar surface area (TPSA) is 295 Å². The third-order valence-electron chi connectivity index (χ3n) is 5.79. The van der Waals surface area contributed by atoms with Crippen LogP contribution in [-0.2, 0) is 35.2 Å². The van der Waals surface area contributed by atoms with Crippen molar-refractivity contribution in [2.75, 3.05) is 6.54 Å². The summed E-state index contributed by atoms with van der Waals surface area (Å²) in [6.07, 6.45) is -0.895. The lowest BCUT2D eigenvalue weighted by Gasteiger charge is -2.25. The molecular weight excluding hydrogens is 540 g/mol. The van der Waals surface area contributed by atoms with Crippen molar-refractivity contribution in [1.82, 2.24) is 16.0 Å². The van der Waals surface area contributed by atoms with Crippen molar-refractivity contribution < 1.29 is 39.0 Å². The molecule has 1 aromatic rings. The summed E-state index contributed by atoms with van der Waals surface area (Å²) in [5.74, 6) is -5.90. The zero-order valence-corrected chi connectivity index (χ0v) is 22.5. The lowest BCUT2D eigenvalue weighted by Crippen LogP contribution is -2.57. The molecule has 41 heavy (non-hydrogen) atoms. The van der Waals surface area contributed by atoms with E-state index >= 15 is 0 Å². The van der Waals surface area contributed by atoms with Gasteiger partial charge in [0.15, 0.2) is 5.96 Å². The van der Waals surface area contributed by atoms with Crippen LogP contribution in [0.1, 0.15) is 44.1 Å². The number of nitrogens with one attached hydrogen (secondary N) is 3. The summed E-state index contributed by atoms with van der Waals surface area (Å²) in [5, 5.41) is 25.7. The zero-order chi connectivity index (χ0) is 30.9. The molecule has 0 spiro atoms. The van der Waals surface area contributed by atoms with Gasteiger partial charge < -0.3 is 49.1 Å². The fraction of sp³-hybridized carbons (Fsp3) is 0.480. The van der Waals surface area contributed by atoms with E-state index in [9.17, 15) is 33.9 Å². The van der Waals surface area contributed by atoms with Crippen LogP contribution in [0.15, 0.2) is 35.3 Å². The van der Waals surface area contributed by atoms with Crippen molar-refractivity contribution in [3.05, 3.63) is 35.9 Å². The van der Waals surface area contributed by atoms with Crippen LogP contribution >= 0.6 is 0 Å². The number of carboxylic acids is 2. The normalized spacial score (nSPS) is 13.5. The fourth-order valence-electron chi connectivity index (χ4n) is 3.61. The highest BCUT2D eigenvalue weighted by Crippen LogP contribution is 2.08. The molecule has 0 aliphatic heterocycles. The number of aliphatic carboxylic acids is 2.